The molecule has 1 fully saturated rings. The van der Waals surface area contributed by atoms with Crippen LogP contribution in [-0.4, -0.2) is 33.6 Å². The van der Waals surface area contributed by atoms with Gasteiger partial charge < -0.3 is 4.90 Å². The van der Waals surface area contributed by atoms with Crippen LogP contribution in [0.3, 0.4) is 0 Å². The molecule has 4 nitrogen and oxygen atoms in total. The van der Waals surface area contributed by atoms with Gasteiger partial charge in [-0.1, -0.05) is 0 Å². The minimum absolute atomic E-state index is 0.141. The second-order valence-electron chi connectivity index (χ2n) is 5.07. The lowest BCUT2D eigenvalue weighted by atomic mass is 10.1. The van der Waals surface area contributed by atoms with Crippen LogP contribution >= 0.6 is 0 Å². The predicted octanol–water partition coefficient (Wildman–Crippen LogP) is 2.50. The fourth-order valence-electron chi connectivity index (χ4n) is 2.67. The van der Waals surface area contributed by atoms with E-state index in [2.05, 4.69) is 17.1 Å². The number of benzene rings is 1. The lowest BCUT2D eigenvalue weighted by Gasteiger charge is -2.21. The molecule has 0 radical (unpaired) electrons. The summed E-state index contributed by atoms with van der Waals surface area (Å²) in [5, 5.41) is 8.16. The number of likely N-dealkylation sites (tertiary alicyclic amines) is 1. The van der Waals surface area contributed by atoms with Crippen molar-refractivity contribution in [3.8, 4) is 0 Å². The van der Waals surface area contributed by atoms with E-state index in [1.54, 1.807) is 0 Å². The average Bonchev–Trinajstić information content (AvgIpc) is 2.95. The Morgan fingerprint density at radius 3 is 3.06 bits per heavy atom. The highest BCUT2D eigenvalue weighted by atomic mass is 16.2. The number of hydrogen-bond acceptors (Lipinski definition) is 2. The number of H-pyrrole nitrogens is 1. The predicted molar refractivity (Wildman–Crippen MR) is 70.6 cm³/mol. The maximum atomic E-state index is 12.4. The molecular weight excluding hydrogens is 226 g/mol. The van der Waals surface area contributed by atoms with Crippen LogP contribution < -0.4 is 0 Å². The van der Waals surface area contributed by atoms with Crippen molar-refractivity contribution in [2.45, 2.75) is 32.7 Å². The molecular formula is C14H17N3O. The molecule has 0 unspecified atom stereocenters. The van der Waals surface area contributed by atoms with Crippen molar-refractivity contribution in [2.75, 3.05) is 6.54 Å². The number of fused-ring (bicyclic) bond motifs is 1. The molecule has 2 aromatic rings. The van der Waals surface area contributed by atoms with Crippen LogP contribution in [-0.2, 0) is 0 Å². The fraction of sp³-hybridized carbons (Fsp3) is 0.429. The zero-order valence-electron chi connectivity index (χ0n) is 10.7. The molecule has 1 amide bonds. The number of rotatable bonds is 1. The Kier molecular flexibility index (Phi) is 2.58. The van der Waals surface area contributed by atoms with E-state index < -0.39 is 0 Å². The van der Waals surface area contributed by atoms with Crippen molar-refractivity contribution >= 4 is 16.8 Å². The minimum atomic E-state index is 0.141. The fourth-order valence-corrected chi connectivity index (χ4v) is 2.67. The maximum Gasteiger partial charge on any atom is 0.254 e. The van der Waals surface area contributed by atoms with E-state index in [0.29, 0.717) is 6.04 Å². The van der Waals surface area contributed by atoms with Crippen LogP contribution in [0.15, 0.2) is 18.2 Å². The number of amides is 1. The summed E-state index contributed by atoms with van der Waals surface area (Å²) in [4.78, 5) is 14.4. The first-order chi connectivity index (χ1) is 8.66. The second kappa shape index (κ2) is 4.12. The summed E-state index contributed by atoms with van der Waals surface area (Å²) in [6, 6.07) is 6.09. The van der Waals surface area contributed by atoms with E-state index in [1.165, 1.54) is 0 Å². The zero-order valence-corrected chi connectivity index (χ0v) is 10.7. The van der Waals surface area contributed by atoms with Crippen LogP contribution in [0.2, 0.25) is 0 Å². The van der Waals surface area contributed by atoms with Crippen molar-refractivity contribution in [3.63, 3.8) is 0 Å². The summed E-state index contributed by atoms with van der Waals surface area (Å²) >= 11 is 0. The van der Waals surface area contributed by atoms with Crippen molar-refractivity contribution in [1.82, 2.24) is 15.1 Å². The van der Waals surface area contributed by atoms with E-state index in [0.717, 1.165) is 41.5 Å². The topological polar surface area (TPSA) is 49.0 Å². The van der Waals surface area contributed by atoms with Gasteiger partial charge in [-0.2, -0.15) is 5.10 Å². The molecule has 1 saturated heterocycles. The maximum absolute atomic E-state index is 12.4. The van der Waals surface area contributed by atoms with Crippen LogP contribution in [0.4, 0.5) is 0 Å². The number of hydrogen-bond donors (Lipinski definition) is 1. The molecule has 1 aliphatic rings. The van der Waals surface area contributed by atoms with Crippen molar-refractivity contribution in [1.29, 1.82) is 0 Å². The number of aryl methyl sites for hydroxylation is 1. The smallest absolute Gasteiger partial charge is 0.254 e. The van der Waals surface area contributed by atoms with Crippen molar-refractivity contribution in [2.24, 2.45) is 0 Å². The van der Waals surface area contributed by atoms with E-state index in [-0.39, 0.29) is 5.91 Å². The quantitative estimate of drug-likeness (QED) is 0.836. The highest BCUT2D eigenvalue weighted by Gasteiger charge is 2.26. The molecule has 4 heteroatoms. The summed E-state index contributed by atoms with van der Waals surface area (Å²) in [5.74, 6) is 0.141. The molecule has 1 aliphatic heterocycles. The van der Waals surface area contributed by atoms with Gasteiger partial charge in [0.2, 0.25) is 0 Å². The Morgan fingerprint density at radius 1 is 1.50 bits per heavy atom. The minimum Gasteiger partial charge on any atom is -0.336 e. The third-order valence-corrected chi connectivity index (χ3v) is 3.81. The van der Waals surface area contributed by atoms with Crippen LogP contribution in [0.1, 0.15) is 35.8 Å². The molecule has 94 valence electrons. The van der Waals surface area contributed by atoms with E-state index in [9.17, 15) is 4.79 Å². The highest BCUT2D eigenvalue weighted by Crippen LogP contribution is 2.22. The number of aromatic nitrogens is 2. The molecule has 18 heavy (non-hydrogen) atoms. The summed E-state index contributed by atoms with van der Waals surface area (Å²) in [6.45, 7) is 4.97. The molecule has 1 aromatic carbocycles. The van der Waals surface area contributed by atoms with Gasteiger partial charge in [0, 0.05) is 29.2 Å². The number of carbonyl (C=O) groups is 1. The summed E-state index contributed by atoms with van der Waals surface area (Å²) in [5.41, 5.74) is 2.69. The number of aromatic amines is 1. The molecule has 0 spiro atoms. The molecule has 2 heterocycles. The molecule has 1 N–H and O–H groups in total. The number of nitrogens with zero attached hydrogens (tertiary/aromatic N) is 2. The van der Waals surface area contributed by atoms with Gasteiger partial charge in [0.05, 0.1) is 5.52 Å². The SMILES string of the molecule is Cc1[nH]nc2ccc(C(=O)N3CCC[C@H]3C)cc12. The van der Waals surface area contributed by atoms with Gasteiger partial charge in [-0.3, -0.25) is 9.89 Å². The highest BCUT2D eigenvalue weighted by molar-refractivity contribution is 5.98. The lowest BCUT2D eigenvalue weighted by Crippen LogP contribution is -2.33. The Hall–Kier alpha value is -1.84. The summed E-state index contributed by atoms with van der Waals surface area (Å²) < 4.78 is 0. The van der Waals surface area contributed by atoms with Gasteiger partial charge in [-0.15, -0.1) is 0 Å². The first-order valence-corrected chi connectivity index (χ1v) is 6.42. The van der Waals surface area contributed by atoms with Crippen LogP contribution in [0.25, 0.3) is 10.9 Å². The third-order valence-electron chi connectivity index (χ3n) is 3.81. The molecule has 3 rings (SSSR count). The molecule has 1 atom stereocenters. The Morgan fingerprint density at radius 2 is 2.33 bits per heavy atom. The average molecular weight is 243 g/mol. The van der Waals surface area contributed by atoms with E-state index in [1.807, 2.05) is 30.0 Å². The monoisotopic (exact) mass is 243 g/mol. The van der Waals surface area contributed by atoms with Gasteiger partial charge >= 0.3 is 0 Å². The van der Waals surface area contributed by atoms with Crippen molar-refractivity contribution < 1.29 is 4.79 Å². The van der Waals surface area contributed by atoms with Gasteiger partial charge in [0.1, 0.15) is 0 Å². The lowest BCUT2D eigenvalue weighted by molar-refractivity contribution is 0.0747. The summed E-state index contributed by atoms with van der Waals surface area (Å²) in [7, 11) is 0. The van der Waals surface area contributed by atoms with Gasteiger partial charge in [-0.05, 0) is 44.9 Å². The standard InChI is InChI=1S/C14H17N3O/c1-9-4-3-7-17(9)14(18)11-5-6-13-12(8-11)10(2)15-16-13/h5-6,8-9H,3-4,7H2,1-2H3,(H,15,16)/t9-/m1/s1. The van der Waals surface area contributed by atoms with Gasteiger partial charge in [0.15, 0.2) is 0 Å². The van der Waals surface area contributed by atoms with Crippen LogP contribution in [0.5, 0.6) is 0 Å². The Labute approximate surface area is 106 Å². The van der Waals surface area contributed by atoms with Crippen LogP contribution in [0, 0.1) is 6.92 Å². The largest absolute Gasteiger partial charge is 0.336 e. The molecule has 0 aliphatic carbocycles. The zero-order chi connectivity index (χ0) is 12.7. The van der Waals surface area contributed by atoms with Gasteiger partial charge in [-0.25, -0.2) is 0 Å². The third kappa shape index (κ3) is 1.68. The first kappa shape index (κ1) is 11.3. The van der Waals surface area contributed by atoms with Crippen molar-refractivity contribution in [3.05, 3.63) is 29.5 Å². The normalized spacial score (nSPS) is 19.7. The Balaban J connectivity index is 1.98. The van der Waals surface area contributed by atoms with E-state index >= 15 is 0 Å². The van der Waals surface area contributed by atoms with E-state index in [4.69, 9.17) is 0 Å². The number of nitrogens with one attached hydrogen (secondary N) is 1. The summed E-state index contributed by atoms with van der Waals surface area (Å²) in [6.07, 6.45) is 2.22. The first-order valence-electron chi connectivity index (χ1n) is 6.42. The Bertz CT molecular complexity index is 602. The molecule has 0 saturated carbocycles. The number of carbonyl (C=O) groups excluding carboxylic acids is 1. The van der Waals surface area contributed by atoms with Gasteiger partial charge in [0.25, 0.3) is 5.91 Å². The second-order valence-corrected chi connectivity index (χ2v) is 5.07. The molecule has 0 bridgehead atoms. The molecule has 1 aromatic heterocycles.